The van der Waals surface area contributed by atoms with Crippen molar-refractivity contribution in [2.45, 2.75) is 11.8 Å². The number of amides is 1. The Morgan fingerprint density at radius 1 is 1.07 bits per heavy atom. The molecule has 0 bridgehead atoms. The molecule has 2 aromatic heterocycles. The lowest BCUT2D eigenvalue weighted by molar-refractivity contribution is 0.102. The van der Waals surface area contributed by atoms with E-state index in [0.29, 0.717) is 22.1 Å². The minimum Gasteiger partial charge on any atom is -0.322 e. The Kier molecular flexibility index (Phi) is 4.99. The molecule has 0 aliphatic rings. The van der Waals surface area contributed by atoms with Gasteiger partial charge in [0, 0.05) is 22.7 Å². The van der Waals surface area contributed by atoms with E-state index in [2.05, 4.69) is 20.0 Å². The standard InChI is InChI=1S/C20H16N4O3S2/c1-13-17(12-14-4-2-3-5-18(14)22-13)19(25)23-15-6-8-16(9-7-15)29(26,27)24-20-21-10-11-28-20/h2-12H,1H3,(H,21,24)(H,23,25). The summed E-state index contributed by atoms with van der Waals surface area (Å²) in [5, 5.41) is 5.63. The molecule has 4 aromatic rings. The van der Waals surface area contributed by atoms with E-state index in [1.54, 1.807) is 18.4 Å². The van der Waals surface area contributed by atoms with Crippen LogP contribution >= 0.6 is 11.3 Å². The van der Waals surface area contributed by atoms with Crippen LogP contribution in [0, 0.1) is 6.92 Å². The van der Waals surface area contributed by atoms with Gasteiger partial charge in [0.2, 0.25) is 0 Å². The van der Waals surface area contributed by atoms with Crippen molar-refractivity contribution < 1.29 is 13.2 Å². The molecular weight excluding hydrogens is 408 g/mol. The Balaban J connectivity index is 1.53. The summed E-state index contributed by atoms with van der Waals surface area (Å²) in [6.45, 7) is 1.78. The van der Waals surface area contributed by atoms with Gasteiger partial charge in [0.05, 0.1) is 21.7 Å². The highest BCUT2D eigenvalue weighted by atomic mass is 32.2. The van der Waals surface area contributed by atoms with Crippen LogP contribution in [-0.2, 0) is 10.0 Å². The Labute approximate surface area is 171 Å². The molecule has 0 spiro atoms. The van der Waals surface area contributed by atoms with E-state index < -0.39 is 10.0 Å². The second kappa shape index (κ2) is 7.61. The summed E-state index contributed by atoms with van der Waals surface area (Å²) in [7, 11) is -3.74. The van der Waals surface area contributed by atoms with E-state index in [1.165, 1.54) is 41.8 Å². The van der Waals surface area contributed by atoms with Gasteiger partial charge < -0.3 is 5.32 Å². The van der Waals surface area contributed by atoms with Gasteiger partial charge in [-0.1, -0.05) is 18.2 Å². The summed E-state index contributed by atoms with van der Waals surface area (Å²) in [6, 6.07) is 15.3. The topological polar surface area (TPSA) is 101 Å². The van der Waals surface area contributed by atoms with Crippen LogP contribution in [0.5, 0.6) is 0 Å². The second-order valence-electron chi connectivity index (χ2n) is 6.24. The second-order valence-corrected chi connectivity index (χ2v) is 8.81. The predicted molar refractivity (Wildman–Crippen MR) is 114 cm³/mol. The maximum absolute atomic E-state index is 12.7. The first-order valence-electron chi connectivity index (χ1n) is 8.62. The molecule has 0 fully saturated rings. The quantitative estimate of drug-likeness (QED) is 0.503. The Bertz CT molecular complexity index is 1290. The average Bonchev–Trinajstić information content (AvgIpc) is 3.20. The molecule has 0 aliphatic heterocycles. The molecule has 0 saturated heterocycles. The third-order valence-electron chi connectivity index (χ3n) is 4.24. The van der Waals surface area contributed by atoms with E-state index >= 15 is 0 Å². The maximum Gasteiger partial charge on any atom is 0.263 e. The number of para-hydroxylation sites is 1. The number of nitrogens with one attached hydrogen (secondary N) is 2. The van der Waals surface area contributed by atoms with Crippen LogP contribution in [0.4, 0.5) is 10.8 Å². The lowest BCUT2D eigenvalue weighted by Crippen LogP contribution is -2.15. The van der Waals surface area contributed by atoms with Crippen LogP contribution in [0.2, 0.25) is 0 Å². The van der Waals surface area contributed by atoms with Gasteiger partial charge in [-0.2, -0.15) is 0 Å². The van der Waals surface area contributed by atoms with Crippen molar-refractivity contribution in [3.8, 4) is 0 Å². The molecule has 7 nitrogen and oxygen atoms in total. The number of sulfonamides is 1. The average molecular weight is 425 g/mol. The zero-order valence-corrected chi connectivity index (χ0v) is 16.9. The van der Waals surface area contributed by atoms with Crippen molar-refractivity contribution in [2.75, 3.05) is 10.0 Å². The van der Waals surface area contributed by atoms with Crippen LogP contribution in [0.1, 0.15) is 16.1 Å². The lowest BCUT2D eigenvalue weighted by atomic mass is 10.1. The number of thiazole rings is 1. The third kappa shape index (κ3) is 4.10. The van der Waals surface area contributed by atoms with E-state index in [0.717, 1.165) is 10.9 Å². The summed E-state index contributed by atoms with van der Waals surface area (Å²) >= 11 is 1.19. The highest BCUT2D eigenvalue weighted by Crippen LogP contribution is 2.21. The molecule has 0 radical (unpaired) electrons. The molecule has 9 heteroatoms. The Hall–Kier alpha value is -3.30. The van der Waals surface area contributed by atoms with E-state index in [-0.39, 0.29) is 10.8 Å². The van der Waals surface area contributed by atoms with Gasteiger partial charge in [0.15, 0.2) is 5.13 Å². The molecule has 0 unspecified atom stereocenters. The van der Waals surface area contributed by atoms with Crippen molar-refractivity contribution >= 4 is 49.0 Å². The molecule has 2 heterocycles. The van der Waals surface area contributed by atoms with Gasteiger partial charge in [-0.15, -0.1) is 11.3 Å². The van der Waals surface area contributed by atoms with Crippen LogP contribution in [0.15, 0.2) is 71.1 Å². The van der Waals surface area contributed by atoms with Gasteiger partial charge in [-0.05, 0) is 43.3 Å². The first-order chi connectivity index (χ1) is 13.9. The zero-order chi connectivity index (χ0) is 20.4. The number of nitrogens with zero attached hydrogens (tertiary/aromatic N) is 2. The fourth-order valence-corrected chi connectivity index (χ4v) is 4.59. The number of anilines is 2. The number of hydrogen-bond acceptors (Lipinski definition) is 6. The van der Waals surface area contributed by atoms with Crippen molar-refractivity contribution in [3.05, 3.63) is 77.4 Å². The number of rotatable bonds is 5. The molecule has 2 aromatic carbocycles. The van der Waals surface area contributed by atoms with Crippen LogP contribution in [0.3, 0.4) is 0 Å². The lowest BCUT2D eigenvalue weighted by Gasteiger charge is -2.10. The molecule has 2 N–H and O–H groups in total. The largest absolute Gasteiger partial charge is 0.322 e. The maximum atomic E-state index is 12.7. The van der Waals surface area contributed by atoms with Crippen LogP contribution in [0.25, 0.3) is 10.9 Å². The summed E-state index contributed by atoms with van der Waals surface area (Å²) in [4.78, 5) is 21.1. The van der Waals surface area contributed by atoms with Gasteiger partial charge >= 0.3 is 0 Å². The molecule has 29 heavy (non-hydrogen) atoms. The third-order valence-corrected chi connectivity index (χ3v) is 6.41. The van der Waals surface area contributed by atoms with Crippen molar-refractivity contribution in [1.29, 1.82) is 0 Å². The summed E-state index contributed by atoms with van der Waals surface area (Å²) in [5.74, 6) is -0.308. The highest BCUT2D eigenvalue weighted by Gasteiger charge is 2.16. The van der Waals surface area contributed by atoms with Crippen LogP contribution in [-0.4, -0.2) is 24.3 Å². The monoisotopic (exact) mass is 424 g/mol. The molecule has 0 saturated carbocycles. The van der Waals surface area contributed by atoms with Gasteiger partial charge in [-0.3, -0.25) is 14.5 Å². The number of pyridine rings is 1. The summed E-state index contributed by atoms with van der Waals surface area (Å²) < 4.78 is 27.2. The number of carbonyl (C=O) groups is 1. The minimum atomic E-state index is -3.74. The van der Waals surface area contributed by atoms with Crippen molar-refractivity contribution in [3.63, 3.8) is 0 Å². The number of aryl methyl sites for hydroxylation is 1. The highest BCUT2D eigenvalue weighted by molar-refractivity contribution is 7.93. The molecule has 0 aliphatic carbocycles. The molecule has 1 amide bonds. The fraction of sp³-hybridized carbons (Fsp3) is 0.0500. The normalized spacial score (nSPS) is 11.3. The van der Waals surface area contributed by atoms with E-state index in [9.17, 15) is 13.2 Å². The zero-order valence-electron chi connectivity index (χ0n) is 15.3. The fourth-order valence-electron chi connectivity index (χ4n) is 2.81. The molecular formula is C20H16N4O3S2. The van der Waals surface area contributed by atoms with Crippen LogP contribution < -0.4 is 10.0 Å². The van der Waals surface area contributed by atoms with E-state index in [4.69, 9.17) is 0 Å². The molecule has 4 rings (SSSR count). The number of fused-ring (bicyclic) bond motifs is 1. The first kappa shape index (κ1) is 19.0. The number of hydrogen-bond donors (Lipinski definition) is 2. The SMILES string of the molecule is Cc1nc2ccccc2cc1C(=O)Nc1ccc(S(=O)(=O)Nc2nccs2)cc1. The van der Waals surface area contributed by atoms with Crippen molar-refractivity contribution in [2.24, 2.45) is 0 Å². The molecule has 0 atom stereocenters. The van der Waals surface area contributed by atoms with Gasteiger partial charge in [0.1, 0.15) is 0 Å². The number of aromatic nitrogens is 2. The van der Waals surface area contributed by atoms with Gasteiger partial charge in [0.25, 0.3) is 15.9 Å². The Morgan fingerprint density at radius 3 is 2.55 bits per heavy atom. The predicted octanol–water partition coefficient (Wildman–Crippen LogP) is 4.05. The number of benzene rings is 2. The summed E-state index contributed by atoms with van der Waals surface area (Å²) in [6.07, 6.45) is 1.52. The van der Waals surface area contributed by atoms with E-state index in [1.807, 2.05) is 24.3 Å². The van der Waals surface area contributed by atoms with Crippen molar-refractivity contribution in [1.82, 2.24) is 9.97 Å². The molecule has 146 valence electrons. The smallest absolute Gasteiger partial charge is 0.263 e. The Morgan fingerprint density at radius 2 is 1.83 bits per heavy atom. The number of carbonyl (C=O) groups excluding carboxylic acids is 1. The first-order valence-corrected chi connectivity index (χ1v) is 11.0. The summed E-state index contributed by atoms with van der Waals surface area (Å²) in [5.41, 5.74) is 2.39. The minimum absolute atomic E-state index is 0.0780. The van der Waals surface area contributed by atoms with Gasteiger partial charge in [-0.25, -0.2) is 13.4 Å².